The summed E-state index contributed by atoms with van der Waals surface area (Å²) in [4.78, 5) is 30.4. The predicted molar refractivity (Wildman–Crippen MR) is 107 cm³/mol. The first-order chi connectivity index (χ1) is 14.2. The number of carbonyl (C=O) groups excluding carboxylic acids is 2. The molecular formula is C21H23F2N5O2. The zero-order valence-corrected chi connectivity index (χ0v) is 16.7. The van der Waals surface area contributed by atoms with Crippen LogP contribution in [-0.4, -0.2) is 45.4 Å². The first-order valence-corrected chi connectivity index (χ1v) is 9.86. The van der Waals surface area contributed by atoms with Crippen molar-refractivity contribution in [3.05, 3.63) is 53.3 Å². The van der Waals surface area contributed by atoms with Gasteiger partial charge in [0.25, 0.3) is 11.8 Å². The lowest BCUT2D eigenvalue weighted by Gasteiger charge is -2.29. The highest BCUT2D eigenvalue weighted by Gasteiger charge is 2.45. The van der Waals surface area contributed by atoms with Gasteiger partial charge in [-0.05, 0) is 43.9 Å². The number of likely N-dealkylation sites (tertiary alicyclic amines) is 1. The highest BCUT2D eigenvalue weighted by Crippen LogP contribution is 2.36. The lowest BCUT2D eigenvalue weighted by atomic mass is 10.1. The van der Waals surface area contributed by atoms with E-state index in [-0.39, 0.29) is 36.5 Å². The third-order valence-corrected chi connectivity index (χ3v) is 5.54. The summed E-state index contributed by atoms with van der Waals surface area (Å²) in [6.45, 7) is 5.88. The van der Waals surface area contributed by atoms with Crippen molar-refractivity contribution in [1.82, 2.24) is 14.5 Å². The van der Waals surface area contributed by atoms with Crippen molar-refractivity contribution in [3.63, 3.8) is 0 Å². The maximum Gasteiger partial charge on any atom is 0.328 e. The van der Waals surface area contributed by atoms with Gasteiger partial charge in [-0.15, -0.1) is 0 Å². The van der Waals surface area contributed by atoms with E-state index < -0.39 is 12.0 Å². The summed E-state index contributed by atoms with van der Waals surface area (Å²) in [5, 5.41) is 8.19. The number of halogens is 2. The number of nitrogens with zero attached hydrogens (tertiary/aromatic N) is 3. The summed E-state index contributed by atoms with van der Waals surface area (Å²) in [7, 11) is 0. The van der Waals surface area contributed by atoms with Crippen molar-refractivity contribution in [1.29, 1.82) is 5.41 Å². The number of aromatic amines is 1. The fraction of sp³-hybridized carbons (Fsp3) is 0.381. The number of H-pyrrole nitrogens is 1. The van der Waals surface area contributed by atoms with E-state index in [2.05, 4.69) is 11.6 Å². The van der Waals surface area contributed by atoms with Crippen molar-refractivity contribution >= 4 is 23.3 Å². The number of aromatic nitrogens is 2. The molecule has 2 N–H and O–H groups in total. The molecular weight excluding hydrogens is 392 g/mol. The molecule has 4 heterocycles. The van der Waals surface area contributed by atoms with Crippen LogP contribution in [0, 0.1) is 5.41 Å². The number of rotatable bonds is 3. The van der Waals surface area contributed by atoms with Crippen molar-refractivity contribution in [2.45, 2.75) is 38.7 Å². The minimum Gasteiger partial charge on any atom is -0.337 e. The van der Waals surface area contributed by atoms with Gasteiger partial charge in [0.15, 0.2) is 0 Å². The van der Waals surface area contributed by atoms with Crippen LogP contribution in [0.25, 0.3) is 0 Å². The molecule has 2 aromatic rings. The molecule has 4 rings (SSSR count). The second kappa shape index (κ2) is 7.23. The van der Waals surface area contributed by atoms with Gasteiger partial charge >= 0.3 is 6.05 Å². The number of hydrogen-bond acceptors (Lipinski definition) is 4. The molecule has 0 bridgehead atoms. The largest absolute Gasteiger partial charge is 0.337 e. The van der Waals surface area contributed by atoms with Crippen LogP contribution in [-0.2, 0) is 6.42 Å². The second-order valence-electron chi connectivity index (χ2n) is 7.76. The summed E-state index contributed by atoms with van der Waals surface area (Å²) in [5.41, 5.74) is 2.02. The fourth-order valence-corrected chi connectivity index (χ4v) is 4.01. The Labute approximate surface area is 172 Å². The molecule has 7 nitrogen and oxygen atoms in total. The van der Waals surface area contributed by atoms with E-state index >= 15 is 0 Å². The predicted octanol–water partition coefficient (Wildman–Crippen LogP) is 3.43. The second-order valence-corrected chi connectivity index (χ2v) is 7.76. The topological polar surface area (TPSA) is 85.2 Å². The number of nitrogens with one attached hydrogen (secondary N) is 2. The van der Waals surface area contributed by atoms with Gasteiger partial charge in [-0.2, -0.15) is 8.78 Å². The lowest BCUT2D eigenvalue weighted by Crippen LogP contribution is -2.40. The summed E-state index contributed by atoms with van der Waals surface area (Å²) in [5.74, 6) is -0.397. The molecule has 1 amide bonds. The van der Waals surface area contributed by atoms with Crippen LogP contribution < -0.4 is 10.4 Å². The van der Waals surface area contributed by atoms with E-state index in [4.69, 9.17) is 5.41 Å². The third-order valence-electron chi connectivity index (χ3n) is 5.54. The van der Waals surface area contributed by atoms with Gasteiger partial charge in [-0.3, -0.25) is 24.5 Å². The average Bonchev–Trinajstić information content (AvgIpc) is 3.29. The third kappa shape index (κ3) is 3.34. The van der Waals surface area contributed by atoms with Crippen LogP contribution in [0.3, 0.4) is 0 Å². The maximum atomic E-state index is 14.0. The molecule has 0 saturated carbocycles. The van der Waals surface area contributed by atoms with Crippen LogP contribution in [0.15, 0.2) is 36.5 Å². The lowest BCUT2D eigenvalue weighted by molar-refractivity contribution is -0.0975. The van der Waals surface area contributed by atoms with Crippen molar-refractivity contribution in [3.8, 4) is 0 Å². The van der Waals surface area contributed by atoms with Gasteiger partial charge in [0.1, 0.15) is 17.0 Å². The maximum absolute atomic E-state index is 14.0. The summed E-state index contributed by atoms with van der Waals surface area (Å²) in [6, 6.07) is 1.80. The van der Waals surface area contributed by atoms with Gasteiger partial charge in [-0.1, -0.05) is 6.58 Å². The van der Waals surface area contributed by atoms with Crippen molar-refractivity contribution < 1.29 is 18.4 Å². The normalized spacial score (nSPS) is 17.7. The number of alkyl halides is 2. The number of aryl methyl sites for hydroxylation is 1. The number of anilines is 2. The average molecular weight is 415 g/mol. The Morgan fingerprint density at radius 3 is 2.63 bits per heavy atom. The quantitative estimate of drug-likeness (QED) is 0.595. The Bertz CT molecular complexity index is 1100. The van der Waals surface area contributed by atoms with Gasteiger partial charge in [0, 0.05) is 43.0 Å². The molecule has 2 aromatic heterocycles. The monoisotopic (exact) mass is 415 g/mol. The molecule has 2 aliphatic rings. The SMILES string of the molecule is C=C(C)C(=O)n1ccc(N2CCCc3cc(C(=O)N4CCCC4(F)F)[nH]c32)cc1=N. The zero-order valence-electron chi connectivity index (χ0n) is 16.7. The van der Waals surface area contributed by atoms with E-state index in [1.165, 1.54) is 10.8 Å². The molecule has 30 heavy (non-hydrogen) atoms. The van der Waals surface area contributed by atoms with Crippen molar-refractivity contribution in [2.24, 2.45) is 0 Å². The molecule has 0 aliphatic carbocycles. The minimum atomic E-state index is -3.12. The van der Waals surface area contributed by atoms with Crippen molar-refractivity contribution in [2.75, 3.05) is 18.0 Å². The first-order valence-electron chi connectivity index (χ1n) is 9.86. The highest BCUT2D eigenvalue weighted by atomic mass is 19.3. The summed E-state index contributed by atoms with van der Waals surface area (Å²) in [6.07, 6.45) is 3.02. The Balaban J connectivity index is 1.66. The number of hydrogen-bond donors (Lipinski definition) is 2. The standard InChI is InChI=1S/C21H23F2N5O2/c1-13(2)19(29)27-10-6-15(12-17(27)24)26-8-3-5-14-11-16(25-18(14)26)20(30)28-9-4-7-21(28,22)23/h6,10-12,24-25H,1,3-5,7-9H2,2H3. The number of fused-ring (bicyclic) bond motifs is 1. The number of pyridine rings is 1. The van der Waals surface area contributed by atoms with Crippen LogP contribution in [0.5, 0.6) is 0 Å². The number of amides is 1. The van der Waals surface area contributed by atoms with E-state index in [9.17, 15) is 18.4 Å². The van der Waals surface area contributed by atoms with Crippen LogP contribution in [0.1, 0.15) is 47.0 Å². The molecule has 0 radical (unpaired) electrons. The Kier molecular flexibility index (Phi) is 4.83. The molecule has 2 aliphatic heterocycles. The highest BCUT2D eigenvalue weighted by molar-refractivity contribution is 5.95. The Morgan fingerprint density at radius 1 is 1.23 bits per heavy atom. The Morgan fingerprint density at radius 2 is 2.00 bits per heavy atom. The molecule has 158 valence electrons. The summed E-state index contributed by atoms with van der Waals surface area (Å²) >= 11 is 0. The zero-order chi connectivity index (χ0) is 21.6. The molecule has 9 heteroatoms. The number of allylic oxidation sites excluding steroid dienone is 1. The van der Waals surface area contributed by atoms with Crippen LogP contribution in [0.2, 0.25) is 0 Å². The molecule has 1 saturated heterocycles. The molecule has 1 fully saturated rings. The minimum absolute atomic E-state index is 0.00666. The fourth-order valence-electron chi connectivity index (χ4n) is 4.01. The van der Waals surface area contributed by atoms with Gasteiger partial charge in [0.2, 0.25) is 0 Å². The molecule has 0 unspecified atom stereocenters. The smallest absolute Gasteiger partial charge is 0.328 e. The van der Waals surface area contributed by atoms with Gasteiger partial charge in [-0.25, -0.2) is 0 Å². The van der Waals surface area contributed by atoms with E-state index in [0.717, 1.165) is 18.4 Å². The molecule has 0 spiro atoms. The Hall–Kier alpha value is -3.23. The van der Waals surface area contributed by atoms with Crippen LogP contribution >= 0.6 is 0 Å². The van der Waals surface area contributed by atoms with E-state index in [1.807, 2.05) is 4.90 Å². The molecule has 0 aromatic carbocycles. The van der Waals surface area contributed by atoms with E-state index in [0.29, 0.717) is 28.5 Å². The first kappa shape index (κ1) is 20.1. The summed E-state index contributed by atoms with van der Waals surface area (Å²) < 4.78 is 29.2. The molecule has 0 atom stereocenters. The van der Waals surface area contributed by atoms with Crippen LogP contribution in [0.4, 0.5) is 20.3 Å². The van der Waals surface area contributed by atoms with E-state index in [1.54, 1.807) is 25.1 Å². The number of carbonyl (C=O) groups is 2. The van der Waals surface area contributed by atoms with Gasteiger partial charge < -0.3 is 9.88 Å². The van der Waals surface area contributed by atoms with Gasteiger partial charge in [0.05, 0.1) is 0 Å².